The summed E-state index contributed by atoms with van der Waals surface area (Å²) in [5, 5.41) is 26.8. The molecule has 8 nitrogen and oxygen atoms in total. The van der Waals surface area contributed by atoms with Crippen molar-refractivity contribution in [2.75, 3.05) is 6.54 Å². The lowest BCUT2D eigenvalue weighted by Gasteiger charge is -2.30. The molecule has 0 bridgehead atoms. The summed E-state index contributed by atoms with van der Waals surface area (Å²) in [6.07, 6.45) is -2.88. The fourth-order valence-corrected chi connectivity index (χ4v) is 4.99. The Morgan fingerprint density at radius 3 is 2.44 bits per heavy atom. The second-order valence-electron chi connectivity index (χ2n) is 10.0. The summed E-state index contributed by atoms with van der Waals surface area (Å²) in [6.45, 7) is 0.433. The second kappa shape index (κ2) is 12.7. The lowest BCUT2D eigenvalue weighted by atomic mass is 9.98. The van der Waals surface area contributed by atoms with E-state index in [9.17, 15) is 33.4 Å². The highest BCUT2D eigenvalue weighted by Gasteiger charge is 2.51. The number of aliphatic hydroxyl groups excluding tert-OH is 1. The van der Waals surface area contributed by atoms with Crippen LogP contribution in [0.4, 0.5) is 8.78 Å². The summed E-state index contributed by atoms with van der Waals surface area (Å²) in [7, 11) is 0. The topological polar surface area (TPSA) is 119 Å². The van der Waals surface area contributed by atoms with Gasteiger partial charge in [0.15, 0.2) is 6.10 Å². The first-order valence-electron chi connectivity index (χ1n) is 13.0. The van der Waals surface area contributed by atoms with Crippen molar-refractivity contribution in [2.45, 2.75) is 50.4 Å². The minimum absolute atomic E-state index is 0.00898. The zero-order chi connectivity index (χ0) is 29.7. The van der Waals surface area contributed by atoms with Gasteiger partial charge >= 0.3 is 0 Å². The molecule has 4 N–H and O–H groups in total. The van der Waals surface area contributed by atoms with E-state index in [2.05, 4.69) is 10.6 Å². The summed E-state index contributed by atoms with van der Waals surface area (Å²) in [4.78, 5) is 40.3. The Balaban J connectivity index is 1.55. The molecule has 11 heteroatoms. The van der Waals surface area contributed by atoms with E-state index in [1.807, 2.05) is 0 Å². The Morgan fingerprint density at radius 2 is 1.73 bits per heavy atom. The molecule has 1 aliphatic heterocycles. The normalized spacial score (nSPS) is 17.5. The maximum absolute atomic E-state index is 14.5. The largest absolute Gasteiger partial charge is 0.508 e. The number of alkyl halides is 2. The van der Waals surface area contributed by atoms with Crippen LogP contribution in [0.25, 0.3) is 0 Å². The van der Waals surface area contributed by atoms with Crippen LogP contribution in [-0.2, 0) is 22.6 Å². The van der Waals surface area contributed by atoms with Gasteiger partial charge in [-0.05, 0) is 42.7 Å². The molecule has 0 saturated carbocycles. The highest BCUT2D eigenvalue weighted by Crippen LogP contribution is 2.33. The molecule has 0 unspecified atom stereocenters. The van der Waals surface area contributed by atoms with Crippen molar-refractivity contribution in [1.29, 1.82) is 0 Å². The number of aliphatic hydroxyl groups is 1. The quantitative estimate of drug-likeness (QED) is 0.306. The first-order chi connectivity index (χ1) is 19.5. The van der Waals surface area contributed by atoms with Crippen molar-refractivity contribution in [2.24, 2.45) is 0 Å². The number of halogens is 3. The highest BCUT2D eigenvalue weighted by molar-refractivity contribution is 6.31. The number of aromatic hydroxyl groups is 1. The fourth-order valence-electron chi connectivity index (χ4n) is 4.79. The molecule has 0 spiro atoms. The molecule has 3 amide bonds. The van der Waals surface area contributed by atoms with Crippen LogP contribution in [0.5, 0.6) is 5.75 Å². The van der Waals surface area contributed by atoms with Crippen molar-refractivity contribution in [3.05, 3.63) is 100 Å². The number of carbonyl (C=O) groups excluding carboxylic acids is 3. The standard InChI is InChI=1S/C30H30ClF2N3O5/c1-18-21(11-7-13-25(18)37)27(39)35-23(14-19-8-3-2-4-9-19)26(38)29(41)36-17-30(32,33)15-24(36)28(40)34-16-20-10-5-6-12-22(20)31/h2-13,23-24,26,37-38H,14-17H2,1H3,(H,34,40)(H,35,39)/t23-,24-,26-/m0/s1. The van der Waals surface area contributed by atoms with Gasteiger partial charge in [-0.1, -0.05) is 66.2 Å². The summed E-state index contributed by atoms with van der Waals surface area (Å²) < 4.78 is 29.1. The molecule has 3 aromatic carbocycles. The lowest BCUT2D eigenvalue weighted by molar-refractivity contribution is -0.147. The van der Waals surface area contributed by atoms with Gasteiger partial charge in [-0.25, -0.2) is 8.78 Å². The van der Waals surface area contributed by atoms with E-state index in [4.69, 9.17) is 11.6 Å². The predicted octanol–water partition coefficient (Wildman–Crippen LogP) is 3.61. The summed E-state index contributed by atoms with van der Waals surface area (Å²) in [6, 6.07) is 17.0. The number of phenols is 1. The van der Waals surface area contributed by atoms with E-state index in [1.165, 1.54) is 25.1 Å². The minimum atomic E-state index is -3.36. The van der Waals surface area contributed by atoms with Crippen molar-refractivity contribution in [3.63, 3.8) is 0 Å². The summed E-state index contributed by atoms with van der Waals surface area (Å²) >= 11 is 6.12. The first-order valence-corrected chi connectivity index (χ1v) is 13.4. The van der Waals surface area contributed by atoms with E-state index < -0.39 is 54.8 Å². The van der Waals surface area contributed by atoms with Gasteiger partial charge in [0.1, 0.15) is 11.8 Å². The Labute approximate surface area is 240 Å². The van der Waals surface area contributed by atoms with Crippen molar-refractivity contribution < 1.29 is 33.4 Å². The third kappa shape index (κ3) is 7.20. The van der Waals surface area contributed by atoms with Crippen LogP contribution in [0.15, 0.2) is 72.8 Å². The van der Waals surface area contributed by atoms with Gasteiger partial charge in [0, 0.05) is 29.1 Å². The van der Waals surface area contributed by atoms with Gasteiger partial charge in [0.25, 0.3) is 17.7 Å². The second-order valence-corrected chi connectivity index (χ2v) is 10.4. The zero-order valence-electron chi connectivity index (χ0n) is 22.2. The van der Waals surface area contributed by atoms with Crippen LogP contribution < -0.4 is 10.6 Å². The molecule has 41 heavy (non-hydrogen) atoms. The molecule has 4 rings (SSSR count). The number of phenolic OH excluding ortho intramolecular Hbond substituents is 1. The number of nitrogens with one attached hydrogen (secondary N) is 2. The van der Waals surface area contributed by atoms with Gasteiger partial charge < -0.3 is 25.7 Å². The van der Waals surface area contributed by atoms with Crippen LogP contribution in [0.1, 0.15) is 33.5 Å². The molecule has 0 radical (unpaired) electrons. The minimum Gasteiger partial charge on any atom is -0.508 e. The van der Waals surface area contributed by atoms with Gasteiger partial charge in [-0.15, -0.1) is 0 Å². The number of hydrogen-bond acceptors (Lipinski definition) is 5. The van der Waals surface area contributed by atoms with Crippen LogP contribution >= 0.6 is 11.6 Å². The Hall–Kier alpha value is -4.02. The Bertz CT molecular complexity index is 1420. The average molecular weight is 586 g/mol. The van der Waals surface area contributed by atoms with Crippen LogP contribution in [0, 0.1) is 6.92 Å². The molecule has 1 heterocycles. The average Bonchev–Trinajstić information content (AvgIpc) is 3.28. The Morgan fingerprint density at radius 1 is 1.05 bits per heavy atom. The maximum Gasteiger partial charge on any atom is 0.267 e. The SMILES string of the molecule is Cc1c(O)cccc1C(=O)N[C@@H](Cc1ccccc1)[C@H](O)C(=O)N1CC(F)(F)C[C@H]1C(=O)NCc1ccccc1Cl. The fraction of sp³-hybridized carbons (Fsp3) is 0.300. The number of carbonyl (C=O) groups is 3. The molecule has 1 saturated heterocycles. The van der Waals surface area contributed by atoms with Gasteiger partial charge in [-0.3, -0.25) is 14.4 Å². The number of nitrogens with zero attached hydrogens (tertiary/aromatic N) is 1. The van der Waals surface area contributed by atoms with Crippen LogP contribution in [0.2, 0.25) is 5.02 Å². The number of rotatable bonds is 9. The van der Waals surface area contributed by atoms with Gasteiger partial charge in [0.2, 0.25) is 5.91 Å². The predicted molar refractivity (Wildman–Crippen MR) is 149 cm³/mol. The zero-order valence-corrected chi connectivity index (χ0v) is 22.9. The Kier molecular flexibility index (Phi) is 9.25. The molecule has 216 valence electrons. The third-order valence-electron chi connectivity index (χ3n) is 7.07. The monoisotopic (exact) mass is 585 g/mol. The molecular weight excluding hydrogens is 556 g/mol. The number of hydrogen-bond donors (Lipinski definition) is 4. The van der Waals surface area contributed by atoms with E-state index >= 15 is 0 Å². The maximum atomic E-state index is 14.5. The molecule has 1 fully saturated rings. The highest BCUT2D eigenvalue weighted by atomic mass is 35.5. The molecular formula is C30H30ClF2N3O5. The summed E-state index contributed by atoms with van der Waals surface area (Å²) in [5.74, 6) is -6.08. The van der Waals surface area contributed by atoms with Crippen molar-refractivity contribution in [1.82, 2.24) is 15.5 Å². The number of benzene rings is 3. The van der Waals surface area contributed by atoms with E-state index in [0.717, 1.165) is 0 Å². The van der Waals surface area contributed by atoms with E-state index in [-0.39, 0.29) is 24.3 Å². The summed E-state index contributed by atoms with van der Waals surface area (Å²) in [5.41, 5.74) is 1.64. The molecule has 3 atom stereocenters. The van der Waals surface area contributed by atoms with E-state index in [0.29, 0.717) is 26.6 Å². The first kappa shape index (κ1) is 30.0. The van der Waals surface area contributed by atoms with Gasteiger partial charge in [-0.2, -0.15) is 0 Å². The number of amides is 3. The molecule has 0 aliphatic carbocycles. The molecule has 1 aliphatic rings. The van der Waals surface area contributed by atoms with E-state index in [1.54, 1.807) is 54.6 Å². The smallest absolute Gasteiger partial charge is 0.267 e. The molecule has 3 aromatic rings. The third-order valence-corrected chi connectivity index (χ3v) is 7.43. The van der Waals surface area contributed by atoms with Gasteiger partial charge in [0.05, 0.1) is 12.6 Å². The van der Waals surface area contributed by atoms with Crippen molar-refractivity contribution >= 4 is 29.3 Å². The van der Waals surface area contributed by atoms with Crippen LogP contribution in [0.3, 0.4) is 0 Å². The van der Waals surface area contributed by atoms with Crippen molar-refractivity contribution in [3.8, 4) is 5.75 Å². The molecule has 0 aromatic heterocycles. The van der Waals surface area contributed by atoms with Crippen LogP contribution in [-0.4, -0.2) is 63.5 Å². The lowest BCUT2D eigenvalue weighted by Crippen LogP contribution is -2.56. The number of likely N-dealkylation sites (tertiary alicyclic amines) is 1.